The molecule has 2 N–H and O–H groups in total. The molecule has 7 heteroatoms. The molecule has 0 aliphatic rings. The maximum atomic E-state index is 11.6. The van der Waals surface area contributed by atoms with Gasteiger partial charge in [-0.2, -0.15) is 0 Å². The lowest BCUT2D eigenvalue weighted by Crippen LogP contribution is -2.20. The number of H-pyrrole nitrogens is 1. The summed E-state index contributed by atoms with van der Waals surface area (Å²) in [5.74, 6) is -0.450. The minimum atomic E-state index is -1.11. The molecule has 0 bridgehead atoms. The van der Waals surface area contributed by atoms with E-state index in [1.165, 1.54) is 11.8 Å². The molecule has 0 saturated carbocycles. The molecule has 0 aliphatic carbocycles. The largest absolute Gasteiger partial charge is 0.481 e. The van der Waals surface area contributed by atoms with Crippen molar-refractivity contribution < 1.29 is 9.90 Å². The topological polar surface area (TPSA) is 95.9 Å². The lowest BCUT2D eigenvalue weighted by Gasteiger charge is -2.01. The van der Waals surface area contributed by atoms with Gasteiger partial charge in [0.25, 0.3) is 5.56 Å². The SMILES string of the molecule is O=C(O)Cc1nnc(SCc2ccccc2)[nH]c1=O. The Hall–Kier alpha value is -2.15. The van der Waals surface area contributed by atoms with Crippen molar-refractivity contribution in [2.45, 2.75) is 17.3 Å². The standard InChI is InChI=1S/C12H11N3O3S/c16-10(17)6-9-11(18)13-12(15-14-9)19-7-8-4-2-1-3-5-8/h1-5H,6-7H2,(H,16,17)(H,13,15,18). The van der Waals surface area contributed by atoms with Crippen molar-refractivity contribution in [3.63, 3.8) is 0 Å². The Morgan fingerprint density at radius 2 is 2.00 bits per heavy atom. The minimum absolute atomic E-state index is 0.0865. The summed E-state index contributed by atoms with van der Waals surface area (Å²) in [5.41, 5.74) is 0.509. The van der Waals surface area contributed by atoms with E-state index in [2.05, 4.69) is 15.2 Å². The van der Waals surface area contributed by atoms with Crippen molar-refractivity contribution in [1.82, 2.24) is 15.2 Å². The van der Waals surface area contributed by atoms with E-state index in [0.29, 0.717) is 10.9 Å². The lowest BCUT2D eigenvalue weighted by atomic mass is 10.2. The third-order valence-electron chi connectivity index (χ3n) is 2.28. The second kappa shape index (κ2) is 6.14. The Morgan fingerprint density at radius 1 is 1.26 bits per heavy atom. The Morgan fingerprint density at radius 3 is 2.63 bits per heavy atom. The van der Waals surface area contributed by atoms with E-state index < -0.39 is 17.9 Å². The first-order chi connectivity index (χ1) is 9.15. The first-order valence-corrected chi connectivity index (χ1v) is 6.48. The van der Waals surface area contributed by atoms with Crippen molar-refractivity contribution in [2.75, 3.05) is 0 Å². The van der Waals surface area contributed by atoms with Crippen molar-refractivity contribution in [3.05, 3.63) is 51.9 Å². The van der Waals surface area contributed by atoms with E-state index in [4.69, 9.17) is 5.11 Å². The summed E-state index contributed by atoms with van der Waals surface area (Å²) in [6.07, 6.45) is -0.425. The number of benzene rings is 1. The number of nitrogens with zero attached hydrogens (tertiary/aromatic N) is 2. The monoisotopic (exact) mass is 277 g/mol. The molecule has 0 unspecified atom stereocenters. The first-order valence-electron chi connectivity index (χ1n) is 5.49. The maximum absolute atomic E-state index is 11.6. The number of hydrogen-bond donors (Lipinski definition) is 2. The van der Waals surface area contributed by atoms with Crippen LogP contribution in [-0.4, -0.2) is 26.3 Å². The molecule has 0 spiro atoms. The molecule has 0 radical (unpaired) electrons. The van der Waals surface area contributed by atoms with Gasteiger partial charge < -0.3 is 5.11 Å². The Labute approximate surface area is 112 Å². The van der Waals surface area contributed by atoms with Gasteiger partial charge in [-0.05, 0) is 5.56 Å². The van der Waals surface area contributed by atoms with Crippen molar-refractivity contribution in [1.29, 1.82) is 0 Å². The van der Waals surface area contributed by atoms with Gasteiger partial charge in [0.05, 0.1) is 6.42 Å². The fraction of sp³-hybridized carbons (Fsp3) is 0.167. The predicted octanol–water partition coefficient (Wildman–Crippen LogP) is 1.08. The van der Waals surface area contributed by atoms with Crippen LogP contribution in [-0.2, 0) is 17.0 Å². The molecule has 0 amide bonds. The van der Waals surface area contributed by atoms with Gasteiger partial charge in [0, 0.05) is 5.75 Å². The van der Waals surface area contributed by atoms with Crippen LogP contribution in [0, 0.1) is 0 Å². The van der Waals surface area contributed by atoms with Crippen molar-refractivity contribution in [3.8, 4) is 0 Å². The summed E-state index contributed by atoms with van der Waals surface area (Å²) in [5, 5.41) is 16.4. The maximum Gasteiger partial charge on any atom is 0.309 e. The van der Waals surface area contributed by atoms with E-state index >= 15 is 0 Å². The molecule has 1 aromatic heterocycles. The summed E-state index contributed by atoms with van der Waals surface area (Å²) >= 11 is 1.34. The van der Waals surface area contributed by atoms with Crippen LogP contribution in [0.5, 0.6) is 0 Å². The van der Waals surface area contributed by atoms with Crippen LogP contribution in [0.3, 0.4) is 0 Å². The average molecular weight is 277 g/mol. The molecule has 98 valence electrons. The average Bonchev–Trinajstić information content (AvgIpc) is 2.40. The second-order valence-corrected chi connectivity index (χ2v) is 4.71. The van der Waals surface area contributed by atoms with Crippen LogP contribution < -0.4 is 5.56 Å². The van der Waals surface area contributed by atoms with Gasteiger partial charge in [0.1, 0.15) is 5.69 Å². The molecule has 6 nitrogen and oxygen atoms in total. The summed E-state index contributed by atoms with van der Waals surface area (Å²) in [6.45, 7) is 0. The summed E-state index contributed by atoms with van der Waals surface area (Å²) in [6, 6.07) is 9.73. The highest BCUT2D eigenvalue weighted by Gasteiger charge is 2.09. The van der Waals surface area contributed by atoms with E-state index in [9.17, 15) is 9.59 Å². The van der Waals surface area contributed by atoms with Crippen LogP contribution >= 0.6 is 11.8 Å². The fourth-order valence-electron chi connectivity index (χ4n) is 1.40. The zero-order chi connectivity index (χ0) is 13.7. The van der Waals surface area contributed by atoms with Crippen molar-refractivity contribution >= 4 is 17.7 Å². The number of rotatable bonds is 5. The number of nitrogens with one attached hydrogen (secondary N) is 1. The fourth-order valence-corrected chi connectivity index (χ4v) is 2.15. The van der Waals surface area contributed by atoms with E-state index in [1.807, 2.05) is 30.3 Å². The number of carboxylic acids is 1. The Bertz CT molecular complexity index is 628. The molecular weight excluding hydrogens is 266 g/mol. The van der Waals surface area contributed by atoms with Crippen LogP contribution in [0.2, 0.25) is 0 Å². The number of carboxylic acid groups (broad SMARTS) is 1. The van der Waals surface area contributed by atoms with Crippen LogP contribution in [0.25, 0.3) is 0 Å². The molecule has 1 heterocycles. The van der Waals surface area contributed by atoms with Gasteiger partial charge >= 0.3 is 5.97 Å². The Balaban J connectivity index is 2.04. The van der Waals surface area contributed by atoms with Gasteiger partial charge in [-0.3, -0.25) is 14.6 Å². The first kappa shape index (κ1) is 13.3. The summed E-state index contributed by atoms with van der Waals surface area (Å²) in [7, 11) is 0. The highest BCUT2D eigenvalue weighted by atomic mass is 32.2. The summed E-state index contributed by atoms with van der Waals surface area (Å²) < 4.78 is 0. The zero-order valence-electron chi connectivity index (χ0n) is 9.87. The quantitative estimate of drug-likeness (QED) is 0.794. The van der Waals surface area contributed by atoms with E-state index in [0.717, 1.165) is 5.56 Å². The van der Waals surface area contributed by atoms with E-state index in [1.54, 1.807) is 0 Å². The number of aliphatic carboxylic acids is 1. The lowest BCUT2D eigenvalue weighted by molar-refractivity contribution is -0.136. The normalized spacial score (nSPS) is 10.3. The van der Waals surface area contributed by atoms with E-state index in [-0.39, 0.29) is 5.69 Å². The number of hydrogen-bond acceptors (Lipinski definition) is 5. The molecule has 19 heavy (non-hydrogen) atoms. The molecular formula is C12H11N3O3S. The van der Waals surface area contributed by atoms with Crippen LogP contribution in [0.15, 0.2) is 40.3 Å². The van der Waals surface area contributed by atoms with Gasteiger partial charge in [-0.25, -0.2) is 0 Å². The second-order valence-electron chi connectivity index (χ2n) is 3.75. The Kier molecular flexibility index (Phi) is 4.30. The highest BCUT2D eigenvalue weighted by Crippen LogP contribution is 2.16. The number of carbonyl (C=O) groups is 1. The highest BCUT2D eigenvalue weighted by molar-refractivity contribution is 7.98. The summed E-state index contributed by atoms with van der Waals surface area (Å²) in [4.78, 5) is 24.6. The number of aromatic amines is 1. The molecule has 0 aliphatic heterocycles. The van der Waals surface area contributed by atoms with Gasteiger partial charge in [0.15, 0.2) is 5.16 Å². The minimum Gasteiger partial charge on any atom is -0.481 e. The van der Waals surface area contributed by atoms with Gasteiger partial charge in [0.2, 0.25) is 0 Å². The number of aromatic nitrogens is 3. The molecule has 1 aromatic carbocycles. The third-order valence-corrected chi connectivity index (χ3v) is 3.22. The van der Waals surface area contributed by atoms with Gasteiger partial charge in [-0.15, -0.1) is 10.2 Å². The number of thioether (sulfide) groups is 1. The third kappa shape index (κ3) is 3.92. The van der Waals surface area contributed by atoms with Crippen LogP contribution in [0.4, 0.5) is 0 Å². The smallest absolute Gasteiger partial charge is 0.309 e. The molecule has 0 fully saturated rings. The molecule has 0 atom stereocenters. The van der Waals surface area contributed by atoms with Crippen LogP contribution in [0.1, 0.15) is 11.3 Å². The molecule has 2 aromatic rings. The molecule has 2 rings (SSSR count). The zero-order valence-corrected chi connectivity index (χ0v) is 10.7. The van der Waals surface area contributed by atoms with Gasteiger partial charge in [-0.1, -0.05) is 42.1 Å². The molecule has 0 saturated heterocycles. The predicted molar refractivity (Wildman–Crippen MR) is 70.0 cm³/mol. The van der Waals surface area contributed by atoms with Crippen molar-refractivity contribution in [2.24, 2.45) is 0 Å².